The number of hydrogen-bond donors (Lipinski definition) is 1. The van der Waals surface area contributed by atoms with E-state index in [1.165, 1.54) is 0 Å². The summed E-state index contributed by atoms with van der Waals surface area (Å²) in [7, 11) is 3.51. The molecule has 0 saturated carbocycles. The molecule has 5 nitrogen and oxygen atoms in total. The third-order valence-corrected chi connectivity index (χ3v) is 4.20. The zero-order valence-corrected chi connectivity index (χ0v) is 14.7. The lowest BCUT2D eigenvalue weighted by Gasteiger charge is -2.19. The molecule has 0 unspecified atom stereocenters. The predicted molar refractivity (Wildman–Crippen MR) is 97.0 cm³/mol. The van der Waals surface area contributed by atoms with Crippen LogP contribution in [-0.2, 0) is 7.05 Å². The highest BCUT2D eigenvalue weighted by Crippen LogP contribution is 2.23. The van der Waals surface area contributed by atoms with Crippen molar-refractivity contribution in [2.45, 2.75) is 6.04 Å². The van der Waals surface area contributed by atoms with Crippen LogP contribution < -0.4 is 10.1 Å². The summed E-state index contributed by atoms with van der Waals surface area (Å²) in [6, 6.07) is 14.0. The molecule has 6 heteroatoms. The number of aromatic nitrogens is 2. The predicted octanol–water partition coefficient (Wildman–Crippen LogP) is 3.60. The molecule has 0 radical (unpaired) electrons. The second-order valence-electron chi connectivity index (χ2n) is 5.58. The molecular formula is C19H18ClN3O2. The molecule has 0 bridgehead atoms. The number of amides is 1. The third kappa shape index (κ3) is 3.83. The molecule has 2 aromatic carbocycles. The highest BCUT2D eigenvalue weighted by Gasteiger charge is 2.21. The van der Waals surface area contributed by atoms with E-state index in [9.17, 15) is 4.79 Å². The van der Waals surface area contributed by atoms with Crippen molar-refractivity contribution >= 4 is 17.5 Å². The lowest BCUT2D eigenvalue weighted by molar-refractivity contribution is 0.0941. The van der Waals surface area contributed by atoms with E-state index in [1.807, 2.05) is 42.1 Å². The fourth-order valence-electron chi connectivity index (χ4n) is 2.56. The summed E-state index contributed by atoms with van der Waals surface area (Å²) in [6.07, 6.45) is 3.56. The molecular weight excluding hydrogens is 338 g/mol. The number of ether oxygens (including phenoxy) is 1. The Balaban J connectivity index is 1.92. The summed E-state index contributed by atoms with van der Waals surface area (Å²) in [5.74, 6) is 1.30. The fraction of sp³-hybridized carbons (Fsp3) is 0.158. The van der Waals surface area contributed by atoms with Gasteiger partial charge in [-0.05, 0) is 42.0 Å². The Morgan fingerprint density at radius 2 is 1.84 bits per heavy atom. The average Bonchev–Trinajstić information content (AvgIpc) is 3.06. The van der Waals surface area contributed by atoms with E-state index < -0.39 is 0 Å². The second-order valence-corrected chi connectivity index (χ2v) is 6.02. The second kappa shape index (κ2) is 7.40. The number of halogens is 1. The smallest absolute Gasteiger partial charge is 0.252 e. The molecule has 0 fully saturated rings. The Morgan fingerprint density at radius 1 is 1.16 bits per heavy atom. The molecule has 0 aliphatic carbocycles. The largest absolute Gasteiger partial charge is 0.497 e. The first-order valence-electron chi connectivity index (χ1n) is 7.76. The number of hydrogen-bond acceptors (Lipinski definition) is 3. The normalized spacial score (nSPS) is 11.8. The van der Waals surface area contributed by atoms with E-state index in [1.54, 1.807) is 37.6 Å². The minimum atomic E-state index is -0.380. The lowest BCUT2D eigenvalue weighted by Crippen LogP contribution is -2.31. The van der Waals surface area contributed by atoms with Gasteiger partial charge in [-0.2, -0.15) is 0 Å². The number of methoxy groups -OCH3 is 1. The zero-order chi connectivity index (χ0) is 17.8. The van der Waals surface area contributed by atoms with Crippen LogP contribution in [0, 0.1) is 0 Å². The molecule has 128 valence electrons. The van der Waals surface area contributed by atoms with Gasteiger partial charge in [-0.15, -0.1) is 0 Å². The molecule has 3 aromatic rings. The van der Waals surface area contributed by atoms with Crippen molar-refractivity contribution in [2.75, 3.05) is 7.11 Å². The van der Waals surface area contributed by atoms with Crippen molar-refractivity contribution < 1.29 is 9.53 Å². The summed E-state index contributed by atoms with van der Waals surface area (Å²) in [6.45, 7) is 0. The maximum atomic E-state index is 12.7. The number of nitrogens with zero attached hydrogens (tertiary/aromatic N) is 2. The molecule has 1 N–H and O–H groups in total. The minimum absolute atomic E-state index is 0.194. The van der Waals surface area contributed by atoms with Crippen molar-refractivity contribution in [3.63, 3.8) is 0 Å². The molecule has 1 atom stereocenters. The highest BCUT2D eigenvalue weighted by molar-refractivity contribution is 6.30. The van der Waals surface area contributed by atoms with E-state index in [2.05, 4.69) is 10.3 Å². The Labute approximate surface area is 151 Å². The molecule has 1 aromatic heterocycles. The number of imidazole rings is 1. The van der Waals surface area contributed by atoms with Gasteiger partial charge in [0.25, 0.3) is 5.91 Å². The standard InChI is InChI=1S/C19H18ClN3O2/c1-23-12-11-21-18(23)17(13-5-9-16(25-2)10-6-13)22-19(24)14-3-7-15(20)8-4-14/h3-12,17H,1-2H3,(H,22,24)/t17-/m0/s1. The highest BCUT2D eigenvalue weighted by atomic mass is 35.5. The van der Waals surface area contributed by atoms with E-state index >= 15 is 0 Å². The van der Waals surface area contributed by atoms with Crippen molar-refractivity contribution in [1.29, 1.82) is 0 Å². The van der Waals surface area contributed by atoms with Crippen LogP contribution in [0.3, 0.4) is 0 Å². The number of rotatable bonds is 5. The van der Waals surface area contributed by atoms with Gasteiger partial charge in [-0.25, -0.2) is 4.98 Å². The summed E-state index contributed by atoms with van der Waals surface area (Å²) in [4.78, 5) is 17.0. The van der Waals surface area contributed by atoms with Crippen LogP contribution >= 0.6 is 11.6 Å². The number of carbonyl (C=O) groups excluding carboxylic acids is 1. The van der Waals surface area contributed by atoms with Gasteiger partial charge in [0.1, 0.15) is 17.6 Å². The molecule has 0 saturated heterocycles. The van der Waals surface area contributed by atoms with Crippen LogP contribution in [0.5, 0.6) is 5.75 Å². The number of nitrogens with one attached hydrogen (secondary N) is 1. The molecule has 3 rings (SSSR count). The SMILES string of the molecule is COc1ccc([C@H](NC(=O)c2ccc(Cl)cc2)c2nccn2C)cc1. The van der Waals surface area contributed by atoms with Crippen LogP contribution in [0.4, 0.5) is 0 Å². The summed E-state index contributed by atoms with van der Waals surface area (Å²) in [5.41, 5.74) is 1.45. The topological polar surface area (TPSA) is 56.1 Å². The van der Waals surface area contributed by atoms with Crippen LogP contribution in [0.2, 0.25) is 5.02 Å². The molecule has 0 aliphatic rings. The Kier molecular flexibility index (Phi) is 5.05. The van der Waals surface area contributed by atoms with E-state index in [0.717, 1.165) is 17.1 Å². The number of aryl methyl sites for hydroxylation is 1. The monoisotopic (exact) mass is 355 g/mol. The number of benzene rings is 2. The van der Waals surface area contributed by atoms with Crippen LogP contribution in [-0.4, -0.2) is 22.6 Å². The molecule has 0 spiro atoms. The van der Waals surface area contributed by atoms with Gasteiger partial charge in [0.05, 0.1) is 7.11 Å². The van der Waals surface area contributed by atoms with Crippen molar-refractivity contribution in [1.82, 2.24) is 14.9 Å². The summed E-state index contributed by atoms with van der Waals surface area (Å²) < 4.78 is 7.09. The Morgan fingerprint density at radius 3 is 2.40 bits per heavy atom. The first-order valence-corrected chi connectivity index (χ1v) is 8.14. The maximum absolute atomic E-state index is 12.7. The van der Waals surface area contributed by atoms with Crippen LogP contribution in [0.15, 0.2) is 60.9 Å². The van der Waals surface area contributed by atoms with Crippen LogP contribution in [0.1, 0.15) is 27.8 Å². The maximum Gasteiger partial charge on any atom is 0.252 e. The van der Waals surface area contributed by atoms with Crippen molar-refractivity contribution in [2.24, 2.45) is 7.05 Å². The van der Waals surface area contributed by atoms with E-state index in [-0.39, 0.29) is 11.9 Å². The van der Waals surface area contributed by atoms with E-state index in [4.69, 9.17) is 16.3 Å². The Bertz CT molecular complexity index is 857. The first kappa shape index (κ1) is 17.0. The quantitative estimate of drug-likeness (QED) is 0.760. The van der Waals surface area contributed by atoms with Gasteiger partial charge in [0, 0.05) is 30.0 Å². The van der Waals surface area contributed by atoms with Gasteiger partial charge in [-0.3, -0.25) is 4.79 Å². The lowest BCUT2D eigenvalue weighted by atomic mass is 10.0. The number of carbonyl (C=O) groups is 1. The van der Waals surface area contributed by atoms with Gasteiger partial charge >= 0.3 is 0 Å². The third-order valence-electron chi connectivity index (χ3n) is 3.95. The van der Waals surface area contributed by atoms with Crippen molar-refractivity contribution in [3.8, 4) is 5.75 Å². The van der Waals surface area contributed by atoms with Gasteiger partial charge < -0.3 is 14.6 Å². The zero-order valence-electron chi connectivity index (χ0n) is 13.9. The van der Waals surface area contributed by atoms with Crippen molar-refractivity contribution in [3.05, 3.63) is 82.9 Å². The molecule has 1 amide bonds. The van der Waals surface area contributed by atoms with E-state index in [0.29, 0.717) is 10.6 Å². The van der Waals surface area contributed by atoms with Gasteiger partial charge in [0.2, 0.25) is 0 Å². The minimum Gasteiger partial charge on any atom is -0.497 e. The van der Waals surface area contributed by atoms with Crippen LogP contribution in [0.25, 0.3) is 0 Å². The molecule has 25 heavy (non-hydrogen) atoms. The average molecular weight is 356 g/mol. The van der Waals surface area contributed by atoms with Gasteiger partial charge in [-0.1, -0.05) is 23.7 Å². The first-order chi connectivity index (χ1) is 12.1. The summed E-state index contributed by atoms with van der Waals surface area (Å²) in [5, 5.41) is 3.63. The molecule has 1 heterocycles. The molecule has 0 aliphatic heterocycles. The summed E-state index contributed by atoms with van der Waals surface area (Å²) >= 11 is 5.89. The Hall–Kier alpha value is -2.79. The fourth-order valence-corrected chi connectivity index (χ4v) is 2.69. The van der Waals surface area contributed by atoms with Gasteiger partial charge in [0.15, 0.2) is 0 Å².